The van der Waals surface area contributed by atoms with E-state index in [0.29, 0.717) is 25.2 Å². The first-order chi connectivity index (χ1) is 16.4. The van der Waals surface area contributed by atoms with Crippen LogP contribution in [0.2, 0.25) is 0 Å². The molecule has 7 nitrogen and oxygen atoms in total. The van der Waals surface area contributed by atoms with Crippen LogP contribution in [-0.2, 0) is 14.8 Å². The molecular weight excluding hydrogens is 448 g/mol. The number of rotatable bonds is 7. The normalized spacial score (nSPS) is 19.1. The zero-order valence-electron chi connectivity index (χ0n) is 20.2. The number of likely N-dealkylation sites (N-methyl/N-ethyl adjacent to an activating group) is 1. The molecule has 0 aliphatic carbocycles. The van der Waals surface area contributed by atoms with Crippen molar-refractivity contribution in [3.8, 4) is 0 Å². The van der Waals surface area contributed by atoms with Crippen molar-refractivity contribution in [2.24, 2.45) is 0 Å². The lowest BCUT2D eigenvalue weighted by Gasteiger charge is -2.35. The van der Waals surface area contributed by atoms with E-state index in [1.807, 2.05) is 43.3 Å². The maximum atomic E-state index is 13.4. The van der Waals surface area contributed by atoms with Crippen molar-refractivity contribution in [3.05, 3.63) is 54.1 Å². The number of anilines is 2. The second-order valence-corrected chi connectivity index (χ2v) is 11.2. The van der Waals surface area contributed by atoms with E-state index in [1.54, 1.807) is 16.4 Å². The molecule has 2 aliphatic rings. The number of piperidine rings is 1. The third-order valence-corrected chi connectivity index (χ3v) is 8.84. The van der Waals surface area contributed by atoms with Crippen LogP contribution in [0.15, 0.2) is 53.4 Å². The van der Waals surface area contributed by atoms with E-state index in [1.165, 1.54) is 0 Å². The molecule has 2 aromatic carbocycles. The molecule has 34 heavy (non-hydrogen) atoms. The van der Waals surface area contributed by atoms with Crippen molar-refractivity contribution in [1.82, 2.24) is 9.21 Å². The number of amides is 1. The van der Waals surface area contributed by atoms with Gasteiger partial charge in [-0.1, -0.05) is 43.7 Å². The molecule has 0 saturated carbocycles. The van der Waals surface area contributed by atoms with E-state index in [4.69, 9.17) is 0 Å². The van der Waals surface area contributed by atoms with Crippen LogP contribution < -0.4 is 10.2 Å². The number of carbonyl (C=O) groups excluding carboxylic acids is 1. The molecule has 2 aromatic rings. The quantitative estimate of drug-likeness (QED) is 0.648. The molecule has 0 radical (unpaired) electrons. The monoisotopic (exact) mass is 484 g/mol. The van der Waals surface area contributed by atoms with Crippen LogP contribution in [0.3, 0.4) is 0 Å². The number of nitrogens with zero attached hydrogens (tertiary/aromatic N) is 3. The predicted molar refractivity (Wildman–Crippen MR) is 137 cm³/mol. The highest BCUT2D eigenvalue weighted by Crippen LogP contribution is 2.33. The van der Waals surface area contributed by atoms with Crippen molar-refractivity contribution in [2.45, 2.75) is 43.4 Å². The summed E-state index contributed by atoms with van der Waals surface area (Å²) in [6.07, 6.45) is 3.49. The fraction of sp³-hybridized carbons (Fsp3) is 0.500. The Morgan fingerprint density at radius 1 is 0.941 bits per heavy atom. The molecule has 0 unspecified atom stereocenters. The molecular formula is C26H36N4O3S. The Kier molecular flexibility index (Phi) is 7.91. The van der Waals surface area contributed by atoms with Gasteiger partial charge in [0.05, 0.1) is 22.2 Å². The predicted octanol–water partition coefficient (Wildman–Crippen LogP) is 3.75. The molecule has 1 N–H and O–H groups in total. The fourth-order valence-corrected chi connectivity index (χ4v) is 6.37. The van der Waals surface area contributed by atoms with Crippen molar-refractivity contribution >= 4 is 27.3 Å². The largest absolute Gasteiger partial charge is 0.367 e. The number of benzene rings is 2. The number of hydrogen-bond acceptors (Lipinski definition) is 5. The summed E-state index contributed by atoms with van der Waals surface area (Å²) < 4.78 is 28.3. The van der Waals surface area contributed by atoms with Crippen LogP contribution in [0.4, 0.5) is 11.4 Å². The molecule has 1 atom stereocenters. The van der Waals surface area contributed by atoms with Gasteiger partial charge in [-0.2, -0.15) is 4.31 Å². The first kappa shape index (κ1) is 24.7. The van der Waals surface area contributed by atoms with Crippen LogP contribution >= 0.6 is 0 Å². The maximum absolute atomic E-state index is 13.4. The fourth-order valence-electron chi connectivity index (χ4n) is 4.83. The second kappa shape index (κ2) is 10.9. The number of nitrogens with one attached hydrogen (secondary N) is 1. The van der Waals surface area contributed by atoms with E-state index in [2.05, 4.69) is 22.2 Å². The smallest absolute Gasteiger partial charge is 0.243 e. The first-order valence-corrected chi connectivity index (χ1v) is 13.8. The lowest BCUT2D eigenvalue weighted by atomic mass is 9.95. The molecule has 0 bridgehead atoms. The minimum atomic E-state index is -3.60. The van der Waals surface area contributed by atoms with Crippen LogP contribution in [0.1, 0.15) is 44.1 Å². The maximum Gasteiger partial charge on any atom is 0.243 e. The zero-order chi connectivity index (χ0) is 24.1. The van der Waals surface area contributed by atoms with Crippen molar-refractivity contribution < 1.29 is 13.2 Å². The molecule has 0 aromatic heterocycles. The molecule has 2 heterocycles. The van der Waals surface area contributed by atoms with E-state index in [9.17, 15) is 13.2 Å². The van der Waals surface area contributed by atoms with Gasteiger partial charge < -0.3 is 15.1 Å². The van der Waals surface area contributed by atoms with E-state index < -0.39 is 10.0 Å². The molecule has 2 fully saturated rings. The SMILES string of the molecule is CC[C@@H](C(=O)Nc1cc(S(=O)(=O)N2CCCCC2)ccc1N1CCN(C)CC1)c1ccccc1. The summed E-state index contributed by atoms with van der Waals surface area (Å²) in [7, 11) is -1.50. The van der Waals surface area contributed by atoms with E-state index in [0.717, 1.165) is 56.7 Å². The van der Waals surface area contributed by atoms with Crippen LogP contribution in [0, 0.1) is 0 Å². The molecule has 0 spiro atoms. The van der Waals surface area contributed by atoms with Crippen LogP contribution in [-0.4, -0.2) is 69.8 Å². The van der Waals surface area contributed by atoms with Crippen LogP contribution in [0.5, 0.6) is 0 Å². The van der Waals surface area contributed by atoms with Gasteiger partial charge in [0.2, 0.25) is 15.9 Å². The summed E-state index contributed by atoms with van der Waals surface area (Å²) in [4.78, 5) is 18.1. The summed E-state index contributed by atoms with van der Waals surface area (Å²) in [5.74, 6) is -0.416. The van der Waals surface area contributed by atoms with Gasteiger partial charge in [0.25, 0.3) is 0 Å². The number of sulfonamides is 1. The molecule has 8 heteroatoms. The lowest BCUT2D eigenvalue weighted by molar-refractivity contribution is -0.117. The third-order valence-electron chi connectivity index (χ3n) is 6.95. The van der Waals surface area contributed by atoms with Crippen molar-refractivity contribution in [1.29, 1.82) is 0 Å². The summed E-state index contributed by atoms with van der Waals surface area (Å²) in [6.45, 7) is 6.59. The Hall–Kier alpha value is -2.42. The van der Waals surface area contributed by atoms with Crippen molar-refractivity contribution in [3.63, 3.8) is 0 Å². The first-order valence-electron chi connectivity index (χ1n) is 12.3. The van der Waals surface area contributed by atoms with Gasteiger partial charge in [0.15, 0.2) is 0 Å². The van der Waals surface area contributed by atoms with Gasteiger partial charge in [0.1, 0.15) is 0 Å². The van der Waals surface area contributed by atoms with Crippen LogP contribution in [0.25, 0.3) is 0 Å². The summed E-state index contributed by atoms with van der Waals surface area (Å²) in [5, 5.41) is 3.11. The molecule has 4 rings (SSSR count). The molecule has 184 valence electrons. The Morgan fingerprint density at radius 3 is 2.26 bits per heavy atom. The highest BCUT2D eigenvalue weighted by molar-refractivity contribution is 7.89. The van der Waals surface area contributed by atoms with Gasteiger partial charge in [-0.15, -0.1) is 0 Å². The summed E-state index contributed by atoms with van der Waals surface area (Å²) in [6, 6.07) is 15.0. The van der Waals surface area contributed by atoms with Gasteiger partial charge in [-0.05, 0) is 50.1 Å². The zero-order valence-corrected chi connectivity index (χ0v) is 21.1. The Bertz CT molecular complexity index is 1080. The summed E-state index contributed by atoms with van der Waals surface area (Å²) in [5.41, 5.74) is 2.41. The van der Waals surface area contributed by atoms with E-state index in [-0.39, 0.29) is 16.7 Å². The van der Waals surface area contributed by atoms with E-state index >= 15 is 0 Å². The van der Waals surface area contributed by atoms with Crippen molar-refractivity contribution in [2.75, 3.05) is 56.5 Å². The lowest BCUT2D eigenvalue weighted by Crippen LogP contribution is -2.44. The van der Waals surface area contributed by atoms with Gasteiger partial charge >= 0.3 is 0 Å². The molecule has 2 aliphatic heterocycles. The topological polar surface area (TPSA) is 73.0 Å². The molecule has 1 amide bonds. The second-order valence-electron chi connectivity index (χ2n) is 9.29. The summed E-state index contributed by atoms with van der Waals surface area (Å²) >= 11 is 0. The number of piperazine rings is 1. The Balaban J connectivity index is 1.67. The number of hydrogen-bond donors (Lipinski definition) is 1. The molecule has 2 saturated heterocycles. The average Bonchev–Trinajstić information content (AvgIpc) is 2.86. The minimum Gasteiger partial charge on any atom is -0.367 e. The Labute approximate surface area is 203 Å². The Morgan fingerprint density at radius 2 is 1.62 bits per heavy atom. The number of carbonyl (C=O) groups is 1. The standard InChI is InChI=1S/C26H36N4O3S/c1-3-23(21-10-6-4-7-11-21)26(31)27-24-20-22(34(32,33)30-14-8-5-9-15-30)12-13-25(24)29-18-16-28(2)17-19-29/h4,6-7,10-13,20,23H,3,5,8-9,14-19H2,1-2H3,(H,27,31)/t23-/m1/s1. The minimum absolute atomic E-state index is 0.114. The highest BCUT2D eigenvalue weighted by Gasteiger charge is 2.28. The van der Waals surface area contributed by atoms with Gasteiger partial charge in [0, 0.05) is 39.3 Å². The highest BCUT2D eigenvalue weighted by atomic mass is 32.2. The van der Waals surface area contributed by atoms with Gasteiger partial charge in [-0.25, -0.2) is 8.42 Å². The van der Waals surface area contributed by atoms with Gasteiger partial charge in [-0.3, -0.25) is 4.79 Å². The average molecular weight is 485 g/mol. The third kappa shape index (κ3) is 5.45.